The summed E-state index contributed by atoms with van der Waals surface area (Å²) in [5.74, 6) is 1.16. The van der Waals surface area contributed by atoms with Gasteiger partial charge in [0.1, 0.15) is 0 Å². The molecule has 2 aromatic carbocycles. The summed E-state index contributed by atoms with van der Waals surface area (Å²) in [7, 11) is 0. The first kappa shape index (κ1) is 13.9. The second kappa shape index (κ2) is 6.06. The minimum atomic E-state index is 0.557. The first-order chi connectivity index (χ1) is 9.15. The lowest BCUT2D eigenvalue weighted by atomic mass is 9.86. The van der Waals surface area contributed by atoms with Crippen molar-refractivity contribution in [3.05, 3.63) is 59.7 Å². The molecule has 100 valence electrons. The van der Waals surface area contributed by atoms with Gasteiger partial charge in [-0.25, -0.2) is 0 Å². The number of hydrogen-bond acceptors (Lipinski definition) is 0. The van der Waals surface area contributed by atoms with Crippen molar-refractivity contribution in [2.45, 2.75) is 46.0 Å². The van der Waals surface area contributed by atoms with E-state index in [0.717, 1.165) is 0 Å². The summed E-state index contributed by atoms with van der Waals surface area (Å²) < 4.78 is 0. The lowest BCUT2D eigenvalue weighted by Crippen LogP contribution is -1.98. The molecule has 0 bridgehead atoms. The summed E-state index contributed by atoms with van der Waals surface area (Å²) in [6, 6.07) is 17.7. The highest BCUT2D eigenvalue weighted by Gasteiger charge is 2.13. The van der Waals surface area contributed by atoms with E-state index in [2.05, 4.69) is 76.2 Å². The van der Waals surface area contributed by atoms with Gasteiger partial charge in [0.25, 0.3) is 0 Å². The van der Waals surface area contributed by atoms with Crippen molar-refractivity contribution < 1.29 is 0 Å². The van der Waals surface area contributed by atoms with Crippen molar-refractivity contribution in [2.75, 3.05) is 0 Å². The minimum absolute atomic E-state index is 0.557. The molecule has 0 fully saturated rings. The van der Waals surface area contributed by atoms with Crippen LogP contribution in [0.2, 0.25) is 0 Å². The fourth-order valence-corrected chi connectivity index (χ4v) is 2.64. The van der Waals surface area contributed by atoms with Crippen LogP contribution >= 0.6 is 0 Å². The Labute approximate surface area is 117 Å². The summed E-state index contributed by atoms with van der Waals surface area (Å²) in [4.78, 5) is 0. The maximum absolute atomic E-state index is 2.32. The van der Waals surface area contributed by atoms with Crippen molar-refractivity contribution in [3.8, 4) is 11.1 Å². The van der Waals surface area contributed by atoms with Crippen molar-refractivity contribution in [1.82, 2.24) is 0 Å². The van der Waals surface area contributed by atoms with Crippen molar-refractivity contribution in [2.24, 2.45) is 0 Å². The van der Waals surface area contributed by atoms with Crippen LogP contribution in [0.25, 0.3) is 11.1 Å². The average molecular weight is 252 g/mol. The van der Waals surface area contributed by atoms with Crippen molar-refractivity contribution in [3.63, 3.8) is 0 Å². The Hall–Kier alpha value is -1.56. The van der Waals surface area contributed by atoms with Crippen LogP contribution in [0.4, 0.5) is 0 Å². The lowest BCUT2D eigenvalue weighted by molar-refractivity contribution is 0.735. The second-order valence-corrected chi connectivity index (χ2v) is 5.64. The fourth-order valence-electron chi connectivity index (χ4n) is 2.64. The molecule has 2 aromatic rings. The van der Waals surface area contributed by atoms with Crippen LogP contribution in [-0.4, -0.2) is 0 Å². The Bertz CT molecular complexity index is 537. The summed E-state index contributed by atoms with van der Waals surface area (Å²) in [6.07, 6.45) is 1.18. The van der Waals surface area contributed by atoms with E-state index in [9.17, 15) is 0 Å². The predicted octanol–water partition coefficient (Wildman–Crippen LogP) is 5.99. The van der Waals surface area contributed by atoms with Gasteiger partial charge in [-0.1, -0.05) is 76.2 Å². The molecule has 0 amide bonds. The third-order valence-corrected chi connectivity index (χ3v) is 3.98. The molecular formula is C19H24. The Morgan fingerprint density at radius 2 is 1.21 bits per heavy atom. The minimum Gasteiger partial charge on any atom is -0.0648 e. The molecule has 0 aliphatic heterocycles. The number of hydrogen-bond donors (Lipinski definition) is 0. The molecule has 1 atom stereocenters. The molecule has 0 aliphatic rings. The van der Waals surface area contributed by atoms with Gasteiger partial charge in [-0.2, -0.15) is 0 Å². The largest absolute Gasteiger partial charge is 0.0648 e. The van der Waals surface area contributed by atoms with Gasteiger partial charge < -0.3 is 0 Å². The van der Waals surface area contributed by atoms with Gasteiger partial charge >= 0.3 is 0 Å². The van der Waals surface area contributed by atoms with Gasteiger partial charge in [0.05, 0.1) is 0 Å². The molecule has 0 saturated heterocycles. The third kappa shape index (κ3) is 2.89. The predicted molar refractivity (Wildman–Crippen MR) is 84.7 cm³/mol. The first-order valence-electron chi connectivity index (χ1n) is 7.33. The topological polar surface area (TPSA) is 0 Å². The number of rotatable bonds is 4. The molecule has 0 N–H and O–H groups in total. The molecule has 0 aliphatic carbocycles. The van der Waals surface area contributed by atoms with E-state index < -0.39 is 0 Å². The van der Waals surface area contributed by atoms with Crippen molar-refractivity contribution >= 4 is 0 Å². The second-order valence-electron chi connectivity index (χ2n) is 5.64. The number of benzene rings is 2. The van der Waals surface area contributed by atoms with E-state index in [4.69, 9.17) is 0 Å². The maximum Gasteiger partial charge on any atom is -0.0146 e. The quantitative estimate of drug-likeness (QED) is 0.627. The lowest BCUT2D eigenvalue weighted by Gasteiger charge is -2.19. The zero-order valence-electron chi connectivity index (χ0n) is 12.5. The highest BCUT2D eigenvalue weighted by Crippen LogP contribution is 2.35. The first-order valence-corrected chi connectivity index (χ1v) is 7.33. The SMILES string of the molecule is CCC(C)c1ccccc1-c1ccccc1C(C)C. The highest BCUT2D eigenvalue weighted by atomic mass is 14.2. The van der Waals surface area contributed by atoms with Crippen LogP contribution in [0.15, 0.2) is 48.5 Å². The standard InChI is InChI=1S/C19H24/c1-5-15(4)17-11-7-9-13-19(17)18-12-8-6-10-16(18)14(2)3/h6-15H,5H2,1-4H3. The van der Waals surface area contributed by atoms with Crippen molar-refractivity contribution in [1.29, 1.82) is 0 Å². The van der Waals surface area contributed by atoms with Gasteiger partial charge in [0, 0.05) is 0 Å². The monoisotopic (exact) mass is 252 g/mol. The third-order valence-electron chi connectivity index (χ3n) is 3.98. The molecule has 0 heteroatoms. The molecule has 1 unspecified atom stereocenters. The van der Waals surface area contributed by atoms with E-state index in [1.165, 1.54) is 28.7 Å². The van der Waals surface area contributed by atoms with E-state index in [1.807, 2.05) is 0 Å². The normalized spacial score (nSPS) is 12.7. The van der Waals surface area contributed by atoms with Crippen LogP contribution in [0, 0.1) is 0 Å². The molecular weight excluding hydrogens is 228 g/mol. The smallest absolute Gasteiger partial charge is 0.0146 e. The van der Waals surface area contributed by atoms with Gasteiger partial charge in [0.15, 0.2) is 0 Å². The van der Waals surface area contributed by atoms with E-state index >= 15 is 0 Å². The van der Waals surface area contributed by atoms with Gasteiger partial charge in [-0.3, -0.25) is 0 Å². The van der Waals surface area contributed by atoms with Crippen LogP contribution in [0.5, 0.6) is 0 Å². The van der Waals surface area contributed by atoms with Crippen LogP contribution in [-0.2, 0) is 0 Å². The molecule has 0 aromatic heterocycles. The Kier molecular flexibility index (Phi) is 4.42. The van der Waals surface area contributed by atoms with Gasteiger partial charge in [-0.15, -0.1) is 0 Å². The summed E-state index contributed by atoms with van der Waals surface area (Å²) in [6.45, 7) is 9.11. The Balaban J connectivity index is 2.59. The van der Waals surface area contributed by atoms with E-state index in [1.54, 1.807) is 0 Å². The highest BCUT2D eigenvalue weighted by molar-refractivity contribution is 5.71. The Morgan fingerprint density at radius 3 is 1.74 bits per heavy atom. The summed E-state index contributed by atoms with van der Waals surface area (Å²) in [5.41, 5.74) is 5.71. The molecule has 2 rings (SSSR count). The Morgan fingerprint density at radius 1 is 0.737 bits per heavy atom. The van der Waals surface area contributed by atoms with Gasteiger partial charge in [0.2, 0.25) is 0 Å². The average Bonchev–Trinajstić information content (AvgIpc) is 2.46. The molecule has 0 saturated carbocycles. The molecule has 0 spiro atoms. The van der Waals surface area contributed by atoms with E-state index in [-0.39, 0.29) is 0 Å². The fraction of sp³-hybridized carbons (Fsp3) is 0.368. The summed E-state index contributed by atoms with van der Waals surface area (Å²) >= 11 is 0. The zero-order chi connectivity index (χ0) is 13.8. The zero-order valence-corrected chi connectivity index (χ0v) is 12.5. The molecule has 0 radical (unpaired) electrons. The van der Waals surface area contributed by atoms with Gasteiger partial charge in [-0.05, 0) is 40.5 Å². The van der Waals surface area contributed by atoms with Crippen LogP contribution < -0.4 is 0 Å². The summed E-state index contributed by atoms with van der Waals surface area (Å²) in [5, 5.41) is 0. The van der Waals surface area contributed by atoms with Crippen LogP contribution in [0.3, 0.4) is 0 Å². The van der Waals surface area contributed by atoms with E-state index in [0.29, 0.717) is 11.8 Å². The molecule has 0 heterocycles. The molecule has 19 heavy (non-hydrogen) atoms. The molecule has 0 nitrogen and oxygen atoms in total. The van der Waals surface area contributed by atoms with Crippen LogP contribution in [0.1, 0.15) is 57.1 Å². The maximum atomic E-state index is 2.32.